The zero-order chi connectivity index (χ0) is 10.1. The van der Waals surface area contributed by atoms with Gasteiger partial charge in [0.2, 0.25) is 0 Å². The Morgan fingerprint density at radius 1 is 0.857 bits per heavy atom. The summed E-state index contributed by atoms with van der Waals surface area (Å²) < 4.78 is 5.44. The highest BCUT2D eigenvalue weighted by atomic mass is 16.5. The number of rotatable bonds is 1. The molecule has 81 valence electrons. The van der Waals surface area contributed by atoms with Crippen LogP contribution in [0.15, 0.2) is 0 Å². The minimum Gasteiger partial charge on any atom is -0.390 e. The first-order chi connectivity index (χ1) is 6.93. The third-order valence-corrected chi connectivity index (χ3v) is 3.18. The molecule has 0 aromatic heterocycles. The van der Waals surface area contributed by atoms with Gasteiger partial charge in [0.15, 0.2) is 0 Å². The Morgan fingerprint density at radius 2 is 1.43 bits per heavy atom. The van der Waals surface area contributed by atoms with Crippen molar-refractivity contribution in [2.75, 3.05) is 7.11 Å². The summed E-state index contributed by atoms with van der Waals surface area (Å²) in [6.07, 6.45) is 13.8. The van der Waals surface area contributed by atoms with Gasteiger partial charge in [-0.1, -0.05) is 57.7 Å². The van der Waals surface area contributed by atoms with Crippen LogP contribution in [0.4, 0.5) is 0 Å². The van der Waals surface area contributed by atoms with E-state index in [1.807, 2.05) is 7.11 Å². The van der Waals surface area contributed by atoms with E-state index in [1.165, 1.54) is 64.1 Å². The topological polar surface area (TPSA) is 9.23 Å². The van der Waals surface area contributed by atoms with Gasteiger partial charge in [-0.05, 0) is 6.42 Å². The molecule has 0 amide bonds. The standard InChI is InChI=1S/C12H24BO/c1-14-12-10-8-6-4-2-3-5-7-9-11-13-12/h12H,2-11H2,1H3. The molecule has 0 saturated carbocycles. The summed E-state index contributed by atoms with van der Waals surface area (Å²) in [5.41, 5.74) is 0. The Bertz CT molecular complexity index is 115. The molecule has 14 heavy (non-hydrogen) atoms. The average Bonchev–Trinajstić information content (AvgIpc) is 2.19. The van der Waals surface area contributed by atoms with Crippen molar-refractivity contribution >= 4 is 7.28 Å². The highest BCUT2D eigenvalue weighted by Crippen LogP contribution is 2.14. The second-order valence-corrected chi connectivity index (χ2v) is 4.42. The lowest BCUT2D eigenvalue weighted by molar-refractivity contribution is 0.153. The molecule has 2 heteroatoms. The van der Waals surface area contributed by atoms with Crippen LogP contribution in [0.3, 0.4) is 0 Å². The molecule has 1 rings (SSSR count). The summed E-state index contributed by atoms with van der Waals surface area (Å²) in [5, 5.41) is 0. The number of ether oxygens (including phenoxy) is 1. The fourth-order valence-electron chi connectivity index (χ4n) is 2.19. The molecular formula is C12H24BO. The van der Waals surface area contributed by atoms with Crippen LogP contribution in [0, 0.1) is 0 Å². The van der Waals surface area contributed by atoms with Gasteiger partial charge in [0.1, 0.15) is 7.28 Å². The molecule has 1 aliphatic rings. The molecule has 0 aliphatic carbocycles. The van der Waals surface area contributed by atoms with Crippen LogP contribution in [0.2, 0.25) is 6.32 Å². The first-order valence-corrected chi connectivity index (χ1v) is 6.29. The molecule has 1 atom stereocenters. The predicted molar refractivity (Wildman–Crippen MR) is 62.9 cm³/mol. The second-order valence-electron chi connectivity index (χ2n) is 4.42. The molecular weight excluding hydrogens is 171 g/mol. The van der Waals surface area contributed by atoms with Crippen LogP contribution < -0.4 is 0 Å². The molecule has 0 spiro atoms. The van der Waals surface area contributed by atoms with Crippen molar-refractivity contribution in [2.45, 2.75) is 70.1 Å². The Morgan fingerprint density at radius 3 is 2.07 bits per heavy atom. The van der Waals surface area contributed by atoms with Crippen LogP contribution >= 0.6 is 0 Å². The second kappa shape index (κ2) is 8.34. The summed E-state index contributed by atoms with van der Waals surface area (Å²) >= 11 is 0. The maximum atomic E-state index is 5.44. The normalized spacial score (nSPS) is 27.1. The molecule has 1 heterocycles. The monoisotopic (exact) mass is 195 g/mol. The van der Waals surface area contributed by atoms with Gasteiger partial charge in [0.05, 0.1) is 0 Å². The maximum Gasteiger partial charge on any atom is 0.149 e. The SMILES string of the molecule is COC1[B]CCCCCCCCCC1. The van der Waals surface area contributed by atoms with E-state index >= 15 is 0 Å². The van der Waals surface area contributed by atoms with Gasteiger partial charge in [-0.15, -0.1) is 0 Å². The summed E-state index contributed by atoms with van der Waals surface area (Å²) in [6.45, 7) is 0. The highest BCUT2D eigenvalue weighted by molar-refractivity contribution is 6.37. The van der Waals surface area contributed by atoms with Gasteiger partial charge >= 0.3 is 0 Å². The fourth-order valence-corrected chi connectivity index (χ4v) is 2.19. The fraction of sp³-hybridized carbons (Fsp3) is 1.00. The summed E-state index contributed by atoms with van der Waals surface area (Å²) in [6, 6.07) is 0.425. The number of hydrogen-bond acceptors (Lipinski definition) is 1. The molecule has 0 aromatic carbocycles. The zero-order valence-electron chi connectivity index (χ0n) is 9.63. The first-order valence-electron chi connectivity index (χ1n) is 6.29. The molecule has 0 bridgehead atoms. The van der Waals surface area contributed by atoms with E-state index in [1.54, 1.807) is 0 Å². The van der Waals surface area contributed by atoms with Crippen molar-refractivity contribution in [1.29, 1.82) is 0 Å². The minimum atomic E-state index is 0.425. The first kappa shape index (κ1) is 12.1. The van der Waals surface area contributed by atoms with E-state index in [0.717, 1.165) is 0 Å². The number of hydrogen-bond donors (Lipinski definition) is 0. The number of methoxy groups -OCH3 is 1. The molecule has 1 radical (unpaired) electrons. The largest absolute Gasteiger partial charge is 0.390 e. The van der Waals surface area contributed by atoms with Crippen molar-refractivity contribution in [2.24, 2.45) is 0 Å². The predicted octanol–water partition coefficient (Wildman–Crippen LogP) is 3.61. The quantitative estimate of drug-likeness (QED) is 0.581. The van der Waals surface area contributed by atoms with E-state index in [-0.39, 0.29) is 0 Å². The van der Waals surface area contributed by atoms with Crippen LogP contribution in [0.1, 0.15) is 57.8 Å². The third-order valence-electron chi connectivity index (χ3n) is 3.18. The van der Waals surface area contributed by atoms with Crippen molar-refractivity contribution in [3.05, 3.63) is 0 Å². The molecule has 1 fully saturated rings. The lowest BCUT2D eigenvalue weighted by Gasteiger charge is -2.15. The minimum absolute atomic E-state index is 0.425. The average molecular weight is 195 g/mol. The van der Waals surface area contributed by atoms with Crippen molar-refractivity contribution in [3.63, 3.8) is 0 Å². The molecule has 1 unspecified atom stereocenters. The lowest BCUT2D eigenvalue weighted by atomic mass is 9.65. The Hall–Kier alpha value is 0.0249. The van der Waals surface area contributed by atoms with E-state index in [2.05, 4.69) is 7.28 Å². The van der Waals surface area contributed by atoms with Crippen molar-refractivity contribution in [3.8, 4) is 0 Å². The van der Waals surface area contributed by atoms with Crippen LogP contribution in [-0.4, -0.2) is 20.4 Å². The van der Waals surface area contributed by atoms with Crippen molar-refractivity contribution < 1.29 is 4.74 Å². The molecule has 1 aliphatic heterocycles. The van der Waals surface area contributed by atoms with Gasteiger partial charge < -0.3 is 4.74 Å². The van der Waals surface area contributed by atoms with Crippen molar-refractivity contribution in [1.82, 2.24) is 0 Å². The third kappa shape index (κ3) is 5.69. The Kier molecular flexibility index (Phi) is 7.21. The Labute approximate surface area is 89.8 Å². The van der Waals surface area contributed by atoms with E-state index in [0.29, 0.717) is 6.00 Å². The summed E-state index contributed by atoms with van der Waals surface area (Å²) in [7, 11) is 4.22. The summed E-state index contributed by atoms with van der Waals surface area (Å²) in [4.78, 5) is 0. The molecule has 0 N–H and O–H groups in total. The van der Waals surface area contributed by atoms with Gasteiger partial charge in [-0.2, -0.15) is 0 Å². The molecule has 1 saturated heterocycles. The van der Waals surface area contributed by atoms with E-state index in [9.17, 15) is 0 Å². The lowest BCUT2D eigenvalue weighted by Crippen LogP contribution is -2.19. The van der Waals surface area contributed by atoms with Crippen LogP contribution in [0.5, 0.6) is 0 Å². The molecule has 1 nitrogen and oxygen atoms in total. The Balaban J connectivity index is 2.17. The maximum absolute atomic E-state index is 5.44. The van der Waals surface area contributed by atoms with E-state index in [4.69, 9.17) is 4.74 Å². The van der Waals surface area contributed by atoms with Crippen LogP contribution in [0.25, 0.3) is 0 Å². The summed E-state index contributed by atoms with van der Waals surface area (Å²) in [5.74, 6) is 0. The van der Waals surface area contributed by atoms with E-state index < -0.39 is 0 Å². The van der Waals surface area contributed by atoms with Gasteiger partial charge in [0.25, 0.3) is 0 Å². The smallest absolute Gasteiger partial charge is 0.149 e. The zero-order valence-corrected chi connectivity index (χ0v) is 9.63. The highest BCUT2D eigenvalue weighted by Gasteiger charge is 2.08. The van der Waals surface area contributed by atoms with Gasteiger partial charge in [-0.25, -0.2) is 0 Å². The van der Waals surface area contributed by atoms with Crippen LogP contribution in [-0.2, 0) is 4.74 Å². The molecule has 0 aromatic rings. The van der Waals surface area contributed by atoms with Gasteiger partial charge in [0, 0.05) is 13.1 Å². The van der Waals surface area contributed by atoms with Gasteiger partial charge in [-0.3, -0.25) is 0 Å².